The molecule has 0 spiro atoms. The van der Waals surface area contributed by atoms with Gasteiger partial charge in [0.1, 0.15) is 0 Å². The highest BCUT2D eigenvalue weighted by Gasteiger charge is 2.20. The Morgan fingerprint density at radius 1 is 1.64 bits per heavy atom. The van der Waals surface area contributed by atoms with Gasteiger partial charge in [0.25, 0.3) is 0 Å². The minimum atomic E-state index is -0.424. The number of primary amides is 1. The second kappa shape index (κ2) is 4.88. The highest BCUT2D eigenvalue weighted by atomic mass is 16.1. The van der Waals surface area contributed by atoms with Crippen LogP contribution in [-0.4, -0.2) is 12.2 Å². The Kier molecular flexibility index (Phi) is 4.50. The van der Waals surface area contributed by atoms with Crippen LogP contribution in [0.1, 0.15) is 26.7 Å². The molecular formula is C8H14NO2. The Labute approximate surface area is 67.0 Å². The maximum absolute atomic E-state index is 10.6. The summed E-state index contributed by atoms with van der Waals surface area (Å²) in [6.07, 6.45) is 3.39. The van der Waals surface area contributed by atoms with E-state index in [0.29, 0.717) is 6.42 Å². The van der Waals surface area contributed by atoms with Crippen LogP contribution in [0.5, 0.6) is 0 Å². The number of rotatable bonds is 5. The first-order valence-electron chi connectivity index (χ1n) is 3.80. The molecule has 0 fully saturated rings. The summed E-state index contributed by atoms with van der Waals surface area (Å²) in [4.78, 5) is 20.9. The van der Waals surface area contributed by atoms with Crippen LogP contribution in [0, 0.1) is 11.8 Å². The van der Waals surface area contributed by atoms with Gasteiger partial charge in [-0.3, -0.25) is 9.59 Å². The quantitative estimate of drug-likeness (QED) is 0.634. The standard InChI is InChI=1S/C8H14NO2/c1-3-4-7(5-10)6(2)8(9)11/h6-7H,3-4H2,1-2H3,(H2,9,11). The lowest BCUT2D eigenvalue weighted by atomic mass is 9.91. The van der Waals surface area contributed by atoms with Crippen molar-refractivity contribution in [2.75, 3.05) is 0 Å². The number of hydrogen-bond donors (Lipinski definition) is 1. The van der Waals surface area contributed by atoms with E-state index in [4.69, 9.17) is 5.73 Å². The van der Waals surface area contributed by atoms with E-state index in [1.165, 1.54) is 0 Å². The normalized spacial score (nSPS) is 15.5. The van der Waals surface area contributed by atoms with Gasteiger partial charge >= 0.3 is 0 Å². The van der Waals surface area contributed by atoms with Crippen molar-refractivity contribution in [3.8, 4) is 0 Å². The number of carbonyl (C=O) groups excluding carboxylic acids is 2. The predicted molar refractivity (Wildman–Crippen MR) is 42.4 cm³/mol. The summed E-state index contributed by atoms with van der Waals surface area (Å²) in [5.41, 5.74) is 5.02. The van der Waals surface area contributed by atoms with Gasteiger partial charge in [-0.05, 0) is 6.42 Å². The van der Waals surface area contributed by atoms with Gasteiger partial charge in [0.15, 0.2) is 0 Å². The van der Waals surface area contributed by atoms with E-state index in [9.17, 15) is 9.59 Å². The molecule has 11 heavy (non-hydrogen) atoms. The molecule has 2 unspecified atom stereocenters. The fraction of sp³-hybridized carbons (Fsp3) is 0.750. The lowest BCUT2D eigenvalue weighted by Gasteiger charge is -2.12. The van der Waals surface area contributed by atoms with E-state index >= 15 is 0 Å². The molecule has 0 aliphatic carbocycles. The van der Waals surface area contributed by atoms with Gasteiger partial charge in [-0.15, -0.1) is 0 Å². The molecule has 2 atom stereocenters. The van der Waals surface area contributed by atoms with Crippen LogP contribution in [0.4, 0.5) is 0 Å². The number of amides is 1. The second-order valence-corrected chi connectivity index (χ2v) is 2.70. The SMILES string of the molecule is CCCC([C]=O)C(C)C(N)=O. The topological polar surface area (TPSA) is 60.2 Å². The maximum atomic E-state index is 10.6. The van der Waals surface area contributed by atoms with E-state index in [1.54, 1.807) is 6.92 Å². The Hall–Kier alpha value is -0.860. The molecule has 63 valence electrons. The smallest absolute Gasteiger partial charge is 0.220 e. The monoisotopic (exact) mass is 156 g/mol. The summed E-state index contributed by atoms with van der Waals surface area (Å²) in [5, 5.41) is 0. The average molecular weight is 156 g/mol. The second-order valence-electron chi connectivity index (χ2n) is 2.70. The summed E-state index contributed by atoms with van der Waals surface area (Å²) in [6, 6.07) is 0. The van der Waals surface area contributed by atoms with E-state index in [2.05, 4.69) is 0 Å². The van der Waals surface area contributed by atoms with Crippen LogP contribution >= 0.6 is 0 Å². The molecule has 0 rings (SSSR count). The predicted octanol–water partition coefficient (Wildman–Crippen LogP) is 0.634. The van der Waals surface area contributed by atoms with Crippen molar-refractivity contribution >= 4 is 12.2 Å². The average Bonchev–Trinajstić information content (AvgIpc) is 1.98. The molecule has 0 heterocycles. The zero-order valence-electron chi connectivity index (χ0n) is 6.96. The first-order chi connectivity index (χ1) is 5.13. The largest absolute Gasteiger partial charge is 0.369 e. The van der Waals surface area contributed by atoms with Crippen molar-refractivity contribution in [2.45, 2.75) is 26.7 Å². The van der Waals surface area contributed by atoms with Gasteiger partial charge in [0.05, 0.1) is 0 Å². The Morgan fingerprint density at radius 3 is 2.45 bits per heavy atom. The summed E-state index contributed by atoms with van der Waals surface area (Å²) in [5.74, 6) is -1.13. The lowest BCUT2D eigenvalue weighted by molar-refractivity contribution is -0.122. The van der Waals surface area contributed by atoms with E-state index in [1.807, 2.05) is 13.2 Å². The van der Waals surface area contributed by atoms with E-state index in [-0.39, 0.29) is 11.8 Å². The minimum Gasteiger partial charge on any atom is -0.369 e. The first-order valence-corrected chi connectivity index (χ1v) is 3.80. The van der Waals surface area contributed by atoms with E-state index in [0.717, 1.165) is 6.42 Å². The summed E-state index contributed by atoms with van der Waals surface area (Å²) in [6.45, 7) is 3.62. The van der Waals surface area contributed by atoms with Crippen LogP contribution < -0.4 is 5.73 Å². The maximum Gasteiger partial charge on any atom is 0.220 e. The van der Waals surface area contributed by atoms with Gasteiger partial charge in [-0.1, -0.05) is 20.3 Å². The Balaban J connectivity index is 4.01. The van der Waals surface area contributed by atoms with Gasteiger partial charge in [0.2, 0.25) is 12.2 Å². The van der Waals surface area contributed by atoms with Crippen molar-refractivity contribution in [3.05, 3.63) is 0 Å². The van der Waals surface area contributed by atoms with Gasteiger partial charge in [0, 0.05) is 11.8 Å². The molecular weight excluding hydrogens is 142 g/mol. The summed E-state index contributed by atoms with van der Waals surface area (Å²) < 4.78 is 0. The molecule has 0 aliphatic heterocycles. The molecule has 0 aromatic heterocycles. The zero-order chi connectivity index (χ0) is 8.85. The highest BCUT2D eigenvalue weighted by molar-refractivity contribution is 5.79. The summed E-state index contributed by atoms with van der Waals surface area (Å²) >= 11 is 0. The van der Waals surface area contributed by atoms with Crippen molar-refractivity contribution in [3.63, 3.8) is 0 Å². The molecule has 2 N–H and O–H groups in total. The third-order valence-electron chi connectivity index (χ3n) is 1.80. The number of nitrogens with two attached hydrogens (primary N) is 1. The lowest BCUT2D eigenvalue weighted by Crippen LogP contribution is -2.28. The molecule has 0 aromatic rings. The van der Waals surface area contributed by atoms with Gasteiger partial charge in [-0.2, -0.15) is 0 Å². The molecule has 0 saturated heterocycles. The van der Waals surface area contributed by atoms with Crippen LogP contribution in [-0.2, 0) is 9.59 Å². The third kappa shape index (κ3) is 3.16. The molecule has 3 nitrogen and oxygen atoms in total. The Bertz CT molecular complexity index is 145. The highest BCUT2D eigenvalue weighted by Crippen LogP contribution is 2.14. The van der Waals surface area contributed by atoms with Crippen molar-refractivity contribution in [1.82, 2.24) is 0 Å². The van der Waals surface area contributed by atoms with Crippen molar-refractivity contribution in [1.29, 1.82) is 0 Å². The molecule has 0 saturated carbocycles. The zero-order valence-corrected chi connectivity index (χ0v) is 6.96. The fourth-order valence-corrected chi connectivity index (χ4v) is 0.920. The first kappa shape index (κ1) is 10.1. The van der Waals surface area contributed by atoms with Crippen molar-refractivity contribution < 1.29 is 9.59 Å². The fourth-order valence-electron chi connectivity index (χ4n) is 0.920. The van der Waals surface area contributed by atoms with Gasteiger partial charge in [-0.25, -0.2) is 0 Å². The molecule has 0 aromatic carbocycles. The Morgan fingerprint density at radius 2 is 2.18 bits per heavy atom. The van der Waals surface area contributed by atoms with Crippen LogP contribution in [0.2, 0.25) is 0 Å². The minimum absolute atomic E-state index is 0.322. The number of hydrogen-bond acceptors (Lipinski definition) is 2. The van der Waals surface area contributed by atoms with Crippen LogP contribution in [0.25, 0.3) is 0 Å². The number of carbonyl (C=O) groups is 1. The third-order valence-corrected chi connectivity index (χ3v) is 1.80. The van der Waals surface area contributed by atoms with Crippen LogP contribution in [0.15, 0.2) is 0 Å². The molecule has 1 radical (unpaired) electrons. The molecule has 0 aliphatic rings. The van der Waals surface area contributed by atoms with Gasteiger partial charge < -0.3 is 5.73 Å². The van der Waals surface area contributed by atoms with Crippen LogP contribution in [0.3, 0.4) is 0 Å². The summed E-state index contributed by atoms with van der Waals surface area (Å²) in [7, 11) is 0. The molecule has 0 bridgehead atoms. The molecule has 1 amide bonds. The van der Waals surface area contributed by atoms with Crippen molar-refractivity contribution in [2.24, 2.45) is 17.6 Å². The van der Waals surface area contributed by atoms with E-state index < -0.39 is 5.91 Å². The molecule has 3 heteroatoms.